The van der Waals surface area contributed by atoms with Gasteiger partial charge in [-0.3, -0.25) is 14.3 Å². The summed E-state index contributed by atoms with van der Waals surface area (Å²) in [5.41, 5.74) is -0.425. The van der Waals surface area contributed by atoms with Crippen LogP contribution in [0.2, 0.25) is 0 Å². The van der Waals surface area contributed by atoms with Crippen LogP contribution in [0.25, 0.3) is 0 Å². The smallest absolute Gasteiger partial charge is 0.343 e. The van der Waals surface area contributed by atoms with Gasteiger partial charge in [0.25, 0.3) is 6.47 Å². The molecule has 11 heteroatoms. The molecule has 130 valence electrons. The molecule has 2 aromatic heterocycles. The summed E-state index contributed by atoms with van der Waals surface area (Å²) in [4.78, 5) is 22.4. The van der Waals surface area contributed by atoms with Gasteiger partial charge in [-0.05, 0) is 13.3 Å². The number of likely N-dealkylation sites (tertiary alicyclic amines) is 1. The SMILES string of the molecule is Cc1nnc(CN2CCC3(C2)Cn2c(n[nH]c2=O)CO3)s1.O=CO. The van der Waals surface area contributed by atoms with Crippen molar-refractivity contribution in [1.82, 2.24) is 29.9 Å². The van der Waals surface area contributed by atoms with E-state index >= 15 is 0 Å². The molecule has 2 N–H and O–H groups in total. The molecule has 10 nitrogen and oxygen atoms in total. The maximum atomic E-state index is 11.7. The molecule has 0 saturated carbocycles. The molecule has 4 heterocycles. The minimum atomic E-state index is -0.277. The predicted octanol–water partition coefficient (Wildman–Crippen LogP) is -0.393. The highest BCUT2D eigenvalue weighted by molar-refractivity contribution is 7.11. The summed E-state index contributed by atoms with van der Waals surface area (Å²) in [6.45, 7) is 5.23. The number of nitrogens with one attached hydrogen (secondary N) is 1. The van der Waals surface area contributed by atoms with Crippen LogP contribution in [0, 0.1) is 6.92 Å². The van der Waals surface area contributed by atoms with Crippen LogP contribution in [-0.2, 0) is 29.2 Å². The number of hydrogen-bond donors (Lipinski definition) is 2. The fraction of sp³-hybridized carbons (Fsp3) is 0.615. The predicted molar refractivity (Wildman–Crippen MR) is 83.6 cm³/mol. The second-order valence-electron chi connectivity index (χ2n) is 5.78. The number of rotatable bonds is 2. The standard InChI is InChI=1S/C12H16N6O2S.CH2O2/c1-8-13-15-10(21-8)4-17-3-2-12(6-17)7-18-9(5-20-12)14-16-11(18)19;2-1-3/h2-7H2,1H3,(H,16,19);1H,(H,2,3). The monoisotopic (exact) mass is 354 g/mol. The number of aromatic nitrogens is 5. The van der Waals surface area contributed by atoms with Crippen molar-refractivity contribution >= 4 is 17.8 Å². The number of aryl methyl sites for hydroxylation is 1. The van der Waals surface area contributed by atoms with Crippen LogP contribution in [0.1, 0.15) is 22.3 Å². The highest BCUT2D eigenvalue weighted by Crippen LogP contribution is 2.32. The summed E-state index contributed by atoms with van der Waals surface area (Å²) in [5, 5.41) is 23.6. The van der Waals surface area contributed by atoms with Crippen LogP contribution in [0.4, 0.5) is 0 Å². The van der Waals surface area contributed by atoms with Crippen molar-refractivity contribution in [3.05, 3.63) is 26.3 Å². The molecule has 0 aliphatic carbocycles. The van der Waals surface area contributed by atoms with Crippen molar-refractivity contribution in [2.45, 2.75) is 38.6 Å². The second-order valence-corrected chi connectivity index (χ2v) is 7.05. The van der Waals surface area contributed by atoms with E-state index in [-0.39, 0.29) is 17.8 Å². The van der Waals surface area contributed by atoms with Crippen molar-refractivity contribution in [3.63, 3.8) is 0 Å². The quantitative estimate of drug-likeness (QED) is 0.698. The minimum absolute atomic E-state index is 0.147. The maximum Gasteiger partial charge on any atom is 0.343 e. The lowest BCUT2D eigenvalue weighted by atomic mass is 10.0. The fourth-order valence-corrected chi connectivity index (χ4v) is 3.83. The molecule has 1 spiro atoms. The zero-order valence-corrected chi connectivity index (χ0v) is 14.0. The summed E-state index contributed by atoms with van der Waals surface area (Å²) < 4.78 is 7.72. The summed E-state index contributed by atoms with van der Waals surface area (Å²) in [5.74, 6) is 0.684. The zero-order valence-electron chi connectivity index (χ0n) is 13.1. The molecule has 0 amide bonds. The van der Waals surface area contributed by atoms with Gasteiger partial charge in [0.1, 0.15) is 22.2 Å². The third kappa shape index (κ3) is 3.37. The molecule has 0 bridgehead atoms. The number of carboxylic acid groups (broad SMARTS) is 1. The Labute approximate surface area is 141 Å². The van der Waals surface area contributed by atoms with Gasteiger partial charge >= 0.3 is 5.69 Å². The number of ether oxygens (including phenoxy) is 1. The van der Waals surface area contributed by atoms with Gasteiger partial charge in [0, 0.05) is 13.1 Å². The third-order valence-electron chi connectivity index (χ3n) is 4.11. The Morgan fingerprint density at radius 2 is 2.25 bits per heavy atom. The van der Waals surface area contributed by atoms with E-state index in [1.54, 1.807) is 15.9 Å². The lowest BCUT2D eigenvalue weighted by Crippen LogP contribution is -2.46. The highest BCUT2D eigenvalue weighted by Gasteiger charge is 2.43. The molecule has 1 unspecified atom stereocenters. The summed E-state index contributed by atoms with van der Waals surface area (Å²) in [7, 11) is 0. The Bertz CT molecular complexity index is 771. The molecule has 1 saturated heterocycles. The molecule has 24 heavy (non-hydrogen) atoms. The van der Waals surface area contributed by atoms with E-state index < -0.39 is 0 Å². The van der Waals surface area contributed by atoms with Gasteiger partial charge in [0.05, 0.1) is 13.1 Å². The molecule has 2 aliphatic heterocycles. The van der Waals surface area contributed by atoms with Crippen LogP contribution in [0.5, 0.6) is 0 Å². The maximum absolute atomic E-state index is 11.7. The highest BCUT2D eigenvalue weighted by atomic mass is 32.1. The first kappa shape index (κ1) is 16.7. The molecule has 1 atom stereocenters. The van der Waals surface area contributed by atoms with Gasteiger partial charge < -0.3 is 9.84 Å². The zero-order chi connectivity index (χ0) is 17.2. The van der Waals surface area contributed by atoms with Crippen LogP contribution in [0.3, 0.4) is 0 Å². The van der Waals surface area contributed by atoms with E-state index in [1.165, 1.54) is 0 Å². The molecule has 2 aromatic rings. The van der Waals surface area contributed by atoms with Gasteiger partial charge in [-0.2, -0.15) is 5.10 Å². The average molecular weight is 354 g/mol. The third-order valence-corrected chi connectivity index (χ3v) is 4.94. The van der Waals surface area contributed by atoms with Gasteiger partial charge in [-0.15, -0.1) is 21.5 Å². The van der Waals surface area contributed by atoms with E-state index in [0.29, 0.717) is 19.0 Å². The van der Waals surface area contributed by atoms with Crippen LogP contribution >= 0.6 is 11.3 Å². The topological polar surface area (TPSA) is 126 Å². The molecule has 0 aromatic carbocycles. The van der Waals surface area contributed by atoms with E-state index in [9.17, 15) is 4.79 Å². The van der Waals surface area contributed by atoms with Crippen LogP contribution in [-0.4, -0.2) is 60.1 Å². The molecule has 0 radical (unpaired) electrons. The molecule has 4 rings (SSSR count). The Balaban J connectivity index is 0.000000526. The molecule has 2 aliphatic rings. The minimum Gasteiger partial charge on any atom is -0.483 e. The normalized spacial score (nSPS) is 22.9. The van der Waals surface area contributed by atoms with Gasteiger partial charge in [0.15, 0.2) is 5.82 Å². The van der Waals surface area contributed by atoms with Crippen molar-refractivity contribution < 1.29 is 14.6 Å². The number of H-pyrrole nitrogens is 1. The summed E-state index contributed by atoms with van der Waals surface area (Å²) in [6, 6.07) is 0. The number of nitrogens with zero attached hydrogens (tertiary/aromatic N) is 5. The van der Waals surface area contributed by atoms with E-state index in [2.05, 4.69) is 25.3 Å². The average Bonchev–Trinajstić information content (AvgIpc) is 3.23. The van der Waals surface area contributed by atoms with Gasteiger partial charge in [-0.1, -0.05) is 0 Å². The number of carbonyl (C=O) groups is 1. The van der Waals surface area contributed by atoms with Crippen LogP contribution < -0.4 is 5.69 Å². The van der Waals surface area contributed by atoms with Crippen molar-refractivity contribution in [2.75, 3.05) is 13.1 Å². The van der Waals surface area contributed by atoms with E-state index in [0.717, 1.165) is 36.1 Å². The fourth-order valence-electron chi connectivity index (χ4n) is 3.08. The summed E-state index contributed by atoms with van der Waals surface area (Å²) >= 11 is 1.63. The lowest BCUT2D eigenvalue weighted by molar-refractivity contribution is -0.122. The van der Waals surface area contributed by atoms with Crippen molar-refractivity contribution in [3.8, 4) is 0 Å². The Kier molecular flexibility index (Phi) is 4.73. The number of fused-ring (bicyclic) bond motifs is 1. The molecular weight excluding hydrogens is 336 g/mol. The second kappa shape index (κ2) is 6.79. The van der Waals surface area contributed by atoms with Crippen molar-refractivity contribution in [2.24, 2.45) is 0 Å². The van der Waals surface area contributed by atoms with Crippen LogP contribution in [0.15, 0.2) is 4.79 Å². The van der Waals surface area contributed by atoms with E-state index in [4.69, 9.17) is 14.6 Å². The Hall–Kier alpha value is -2.11. The van der Waals surface area contributed by atoms with Crippen molar-refractivity contribution in [1.29, 1.82) is 0 Å². The molecular formula is C13H18N6O4S. The first-order valence-electron chi connectivity index (χ1n) is 7.42. The van der Waals surface area contributed by atoms with E-state index in [1.807, 2.05) is 6.92 Å². The largest absolute Gasteiger partial charge is 0.483 e. The first-order chi connectivity index (χ1) is 11.5. The number of aromatic amines is 1. The van der Waals surface area contributed by atoms with Gasteiger partial charge in [-0.25, -0.2) is 9.89 Å². The van der Waals surface area contributed by atoms with Gasteiger partial charge in [0.2, 0.25) is 0 Å². The lowest BCUT2D eigenvalue weighted by Gasteiger charge is -2.33. The Morgan fingerprint density at radius 3 is 2.96 bits per heavy atom. The summed E-state index contributed by atoms with van der Waals surface area (Å²) in [6.07, 6.45) is 0.918. The number of hydrogen-bond acceptors (Lipinski definition) is 8. The molecule has 1 fully saturated rings. The first-order valence-corrected chi connectivity index (χ1v) is 8.24. The Morgan fingerprint density at radius 1 is 1.46 bits per heavy atom.